The molecule has 0 aliphatic rings. The van der Waals surface area contributed by atoms with E-state index in [1.807, 2.05) is 0 Å². The fourth-order valence-corrected chi connectivity index (χ4v) is 2.15. The monoisotopic (exact) mass is 342 g/mol. The molecule has 1 rings (SSSR count). The number of thioether (sulfide) groups is 1. The summed E-state index contributed by atoms with van der Waals surface area (Å²) in [7, 11) is 1.29. The van der Waals surface area contributed by atoms with Crippen LogP contribution in [0.25, 0.3) is 0 Å². The molecule has 0 aliphatic heterocycles. The number of nitrogens with one attached hydrogen (secondary N) is 1. The summed E-state index contributed by atoms with van der Waals surface area (Å²) in [5.41, 5.74) is 2.31. The molecule has 0 atom stereocenters. The number of non-ortho nitro benzene ring substituents is 1. The van der Waals surface area contributed by atoms with Crippen molar-refractivity contribution in [3.63, 3.8) is 0 Å². The minimum Gasteiger partial charge on any atom is -0.468 e. The molecule has 0 amide bonds. The summed E-state index contributed by atoms with van der Waals surface area (Å²) < 4.78 is 4.49. The number of nitrogens with zero attached hydrogens (tertiary/aromatic N) is 3. The van der Waals surface area contributed by atoms with Crippen LogP contribution in [0.2, 0.25) is 0 Å². The Bertz CT molecular complexity index is 648. The highest BCUT2D eigenvalue weighted by atomic mass is 32.2. The van der Waals surface area contributed by atoms with Crippen LogP contribution in [-0.4, -0.2) is 40.1 Å². The standard InChI is InChI=1S/C12H14N4O6S/c1-8(6-23-7-12(17)22-2)13-14-10-4-3-9(15(18)19)5-11(10)16(20)21/h3-5,14H,6-7H2,1-2H3/b13-8-. The van der Waals surface area contributed by atoms with Crippen molar-refractivity contribution < 1.29 is 19.4 Å². The molecule has 0 unspecified atom stereocenters. The lowest BCUT2D eigenvalue weighted by Crippen LogP contribution is -2.07. The third kappa shape index (κ3) is 5.90. The van der Waals surface area contributed by atoms with Crippen LogP contribution in [0, 0.1) is 20.2 Å². The van der Waals surface area contributed by atoms with Gasteiger partial charge >= 0.3 is 11.7 Å². The highest BCUT2D eigenvalue weighted by molar-refractivity contribution is 8.00. The number of hydrogen-bond donors (Lipinski definition) is 1. The maximum atomic E-state index is 11.0. The normalized spacial score (nSPS) is 11.0. The first-order valence-electron chi connectivity index (χ1n) is 6.21. The number of hydrogen-bond acceptors (Lipinski definition) is 9. The van der Waals surface area contributed by atoms with Gasteiger partial charge in [-0.15, -0.1) is 11.8 Å². The first-order chi connectivity index (χ1) is 10.8. The molecule has 23 heavy (non-hydrogen) atoms. The summed E-state index contributed by atoms with van der Waals surface area (Å²) in [5.74, 6) is 0.228. The molecule has 124 valence electrons. The second kappa shape index (κ2) is 8.68. The van der Waals surface area contributed by atoms with Crippen molar-refractivity contribution in [2.24, 2.45) is 5.10 Å². The van der Waals surface area contributed by atoms with Crippen molar-refractivity contribution in [1.29, 1.82) is 0 Å². The molecule has 1 aromatic rings. The van der Waals surface area contributed by atoms with Gasteiger partial charge in [-0.1, -0.05) is 0 Å². The van der Waals surface area contributed by atoms with E-state index in [4.69, 9.17) is 0 Å². The number of carbonyl (C=O) groups is 1. The topological polar surface area (TPSA) is 137 Å². The van der Waals surface area contributed by atoms with Crippen LogP contribution >= 0.6 is 11.8 Å². The van der Waals surface area contributed by atoms with Crippen molar-refractivity contribution in [3.8, 4) is 0 Å². The Morgan fingerprint density at radius 3 is 2.57 bits per heavy atom. The summed E-state index contributed by atoms with van der Waals surface area (Å²) in [6.07, 6.45) is 0. The Morgan fingerprint density at radius 2 is 2.00 bits per heavy atom. The third-order valence-corrected chi connectivity index (χ3v) is 3.58. The summed E-state index contributed by atoms with van der Waals surface area (Å²) >= 11 is 1.28. The van der Waals surface area contributed by atoms with Gasteiger partial charge in [0.05, 0.1) is 28.8 Å². The lowest BCUT2D eigenvalue weighted by Gasteiger charge is -2.04. The van der Waals surface area contributed by atoms with Crippen LogP contribution in [0.1, 0.15) is 6.92 Å². The Hall–Kier alpha value is -2.69. The van der Waals surface area contributed by atoms with Gasteiger partial charge in [0.25, 0.3) is 5.69 Å². The third-order valence-electron chi connectivity index (χ3n) is 2.51. The minimum atomic E-state index is -0.730. The molecule has 1 N–H and O–H groups in total. The van der Waals surface area contributed by atoms with E-state index < -0.39 is 15.5 Å². The van der Waals surface area contributed by atoms with Gasteiger partial charge in [0.1, 0.15) is 5.69 Å². The molecule has 0 radical (unpaired) electrons. The van der Waals surface area contributed by atoms with Crippen LogP contribution in [0.5, 0.6) is 0 Å². The zero-order valence-corrected chi connectivity index (χ0v) is 13.2. The van der Waals surface area contributed by atoms with Crippen molar-refractivity contribution >= 4 is 40.5 Å². The minimum absolute atomic E-state index is 0.0397. The molecule has 0 aliphatic carbocycles. The fourth-order valence-electron chi connectivity index (χ4n) is 1.41. The van der Waals surface area contributed by atoms with Gasteiger partial charge in [0, 0.05) is 17.5 Å². The van der Waals surface area contributed by atoms with Gasteiger partial charge in [0.15, 0.2) is 0 Å². The van der Waals surface area contributed by atoms with Crippen LogP contribution in [0.4, 0.5) is 17.1 Å². The van der Waals surface area contributed by atoms with E-state index >= 15 is 0 Å². The molecule has 1 aromatic carbocycles. The van der Waals surface area contributed by atoms with Crippen LogP contribution in [0.15, 0.2) is 23.3 Å². The number of anilines is 1. The largest absolute Gasteiger partial charge is 0.468 e. The molecular formula is C12H14N4O6S. The molecule has 0 aromatic heterocycles. The Kier molecular flexibility index (Phi) is 6.93. The van der Waals surface area contributed by atoms with E-state index in [1.54, 1.807) is 6.92 Å². The van der Waals surface area contributed by atoms with Gasteiger partial charge in [-0.3, -0.25) is 30.4 Å². The van der Waals surface area contributed by atoms with Gasteiger partial charge < -0.3 is 4.74 Å². The highest BCUT2D eigenvalue weighted by Crippen LogP contribution is 2.28. The van der Waals surface area contributed by atoms with Crippen LogP contribution in [-0.2, 0) is 9.53 Å². The fraction of sp³-hybridized carbons (Fsp3) is 0.333. The van der Waals surface area contributed by atoms with Crippen molar-refractivity contribution in [3.05, 3.63) is 38.4 Å². The average Bonchev–Trinajstić information content (AvgIpc) is 2.52. The second-order valence-electron chi connectivity index (χ2n) is 4.24. The van der Waals surface area contributed by atoms with E-state index in [0.29, 0.717) is 11.5 Å². The number of hydrazone groups is 1. The Balaban J connectivity index is 2.76. The highest BCUT2D eigenvalue weighted by Gasteiger charge is 2.19. The summed E-state index contributed by atoms with van der Waals surface area (Å²) in [5, 5.41) is 25.6. The molecule has 0 spiro atoms. The van der Waals surface area contributed by atoms with Gasteiger partial charge in [-0.05, 0) is 13.0 Å². The second-order valence-corrected chi connectivity index (χ2v) is 5.23. The first kappa shape index (κ1) is 18.4. The number of ether oxygens (including phenoxy) is 1. The van der Waals surface area contributed by atoms with E-state index in [0.717, 1.165) is 12.1 Å². The number of nitro benzene ring substituents is 2. The molecule has 0 fully saturated rings. The number of methoxy groups -OCH3 is 1. The van der Waals surface area contributed by atoms with Crippen LogP contribution in [0.3, 0.4) is 0 Å². The first-order valence-corrected chi connectivity index (χ1v) is 7.37. The SMILES string of the molecule is COC(=O)CSC/C(C)=N\Nc1ccc([N+](=O)[O-])cc1[N+](=O)[O-]. The van der Waals surface area contributed by atoms with Crippen molar-refractivity contribution in [1.82, 2.24) is 0 Å². The average molecular weight is 342 g/mol. The zero-order chi connectivity index (χ0) is 17.4. The molecule has 0 bridgehead atoms. The molecule has 0 saturated heterocycles. The summed E-state index contributed by atoms with van der Waals surface area (Å²) in [6.45, 7) is 1.68. The van der Waals surface area contributed by atoms with Gasteiger partial charge in [-0.2, -0.15) is 5.10 Å². The van der Waals surface area contributed by atoms with Crippen molar-refractivity contribution in [2.45, 2.75) is 6.92 Å². The van der Waals surface area contributed by atoms with Gasteiger partial charge in [0.2, 0.25) is 0 Å². The molecular weight excluding hydrogens is 328 g/mol. The number of nitro groups is 2. The quantitative estimate of drug-likeness (QED) is 0.328. The summed E-state index contributed by atoms with van der Waals surface area (Å²) in [4.78, 5) is 31.1. The van der Waals surface area contributed by atoms with E-state index in [2.05, 4.69) is 15.3 Å². The van der Waals surface area contributed by atoms with Crippen molar-refractivity contribution in [2.75, 3.05) is 24.0 Å². The van der Waals surface area contributed by atoms with E-state index in [9.17, 15) is 25.0 Å². The zero-order valence-electron chi connectivity index (χ0n) is 12.3. The maximum absolute atomic E-state index is 11.0. The van der Waals surface area contributed by atoms with Crippen LogP contribution < -0.4 is 5.43 Å². The van der Waals surface area contributed by atoms with E-state index in [-0.39, 0.29) is 23.1 Å². The predicted octanol–water partition coefficient (Wildman–Crippen LogP) is 2.20. The Labute approximate surface area is 135 Å². The summed E-state index contributed by atoms with van der Waals surface area (Å²) in [6, 6.07) is 3.22. The Morgan fingerprint density at radius 1 is 1.30 bits per heavy atom. The lowest BCUT2D eigenvalue weighted by atomic mass is 10.2. The lowest BCUT2D eigenvalue weighted by molar-refractivity contribution is -0.393. The number of rotatable bonds is 8. The number of benzene rings is 1. The predicted molar refractivity (Wildman–Crippen MR) is 85.8 cm³/mol. The molecule has 11 heteroatoms. The molecule has 0 saturated carbocycles. The smallest absolute Gasteiger partial charge is 0.315 e. The van der Waals surface area contributed by atoms with E-state index in [1.165, 1.54) is 24.9 Å². The maximum Gasteiger partial charge on any atom is 0.315 e. The molecule has 0 heterocycles. The number of carbonyl (C=O) groups excluding carboxylic acids is 1. The number of esters is 1. The molecule has 10 nitrogen and oxygen atoms in total. The van der Waals surface area contributed by atoms with Gasteiger partial charge in [-0.25, -0.2) is 0 Å².